The zero-order valence-electron chi connectivity index (χ0n) is 11.2. The standard InChI is InChI=1S/C15H18N2OS/c1-8-6-10(7-9(2)13(8)18)15-17-12-5-3-4-11(16)14(12)19-15/h6-7,11,18H,3-5,16H2,1-2H3. The lowest BCUT2D eigenvalue weighted by Crippen LogP contribution is -2.15. The predicted molar refractivity (Wildman–Crippen MR) is 78.6 cm³/mol. The van der Waals surface area contributed by atoms with Gasteiger partial charge in [-0.3, -0.25) is 0 Å². The van der Waals surface area contributed by atoms with Gasteiger partial charge in [-0.2, -0.15) is 0 Å². The number of fused-ring (bicyclic) bond motifs is 1. The van der Waals surface area contributed by atoms with Crippen molar-refractivity contribution in [1.82, 2.24) is 4.98 Å². The van der Waals surface area contributed by atoms with Crippen LogP contribution in [0.4, 0.5) is 0 Å². The summed E-state index contributed by atoms with van der Waals surface area (Å²) in [6, 6.07) is 4.14. The highest BCUT2D eigenvalue weighted by Gasteiger charge is 2.22. The Balaban J connectivity index is 2.08. The predicted octanol–water partition coefficient (Wildman–Crippen LogP) is 3.47. The molecular formula is C15H18N2OS. The first-order valence-electron chi connectivity index (χ1n) is 6.62. The monoisotopic (exact) mass is 274 g/mol. The van der Waals surface area contributed by atoms with E-state index >= 15 is 0 Å². The van der Waals surface area contributed by atoms with Crippen molar-refractivity contribution >= 4 is 11.3 Å². The molecule has 0 radical (unpaired) electrons. The van der Waals surface area contributed by atoms with E-state index in [0.29, 0.717) is 5.75 Å². The van der Waals surface area contributed by atoms with E-state index in [1.165, 1.54) is 10.6 Å². The van der Waals surface area contributed by atoms with Gasteiger partial charge in [0.25, 0.3) is 0 Å². The Hall–Kier alpha value is -1.39. The van der Waals surface area contributed by atoms with Gasteiger partial charge in [0, 0.05) is 16.5 Å². The van der Waals surface area contributed by atoms with Gasteiger partial charge in [0.05, 0.1) is 5.69 Å². The maximum absolute atomic E-state index is 9.84. The fourth-order valence-corrected chi connectivity index (χ4v) is 3.79. The molecule has 0 saturated heterocycles. The third-order valence-corrected chi connectivity index (χ3v) is 5.01. The van der Waals surface area contributed by atoms with Crippen LogP contribution in [0.15, 0.2) is 12.1 Å². The Kier molecular flexibility index (Phi) is 3.07. The average Bonchev–Trinajstić information content (AvgIpc) is 2.81. The minimum atomic E-state index is 0.148. The molecule has 3 N–H and O–H groups in total. The molecule has 0 fully saturated rings. The maximum Gasteiger partial charge on any atom is 0.123 e. The number of rotatable bonds is 1. The highest BCUT2D eigenvalue weighted by atomic mass is 32.1. The largest absolute Gasteiger partial charge is 0.507 e. The Morgan fingerprint density at radius 1 is 1.32 bits per heavy atom. The second kappa shape index (κ2) is 4.62. The summed E-state index contributed by atoms with van der Waals surface area (Å²) in [4.78, 5) is 5.98. The molecule has 3 nitrogen and oxygen atoms in total. The summed E-state index contributed by atoms with van der Waals surface area (Å²) in [5.74, 6) is 0.377. The number of nitrogens with zero attached hydrogens (tertiary/aromatic N) is 1. The molecule has 1 aromatic carbocycles. The molecule has 0 aliphatic heterocycles. The number of thiazole rings is 1. The van der Waals surface area contributed by atoms with Gasteiger partial charge >= 0.3 is 0 Å². The molecule has 1 atom stereocenters. The average molecular weight is 274 g/mol. The van der Waals surface area contributed by atoms with E-state index in [2.05, 4.69) is 0 Å². The van der Waals surface area contributed by atoms with Gasteiger partial charge in [-0.25, -0.2) is 4.98 Å². The number of aromatic hydroxyl groups is 1. The summed E-state index contributed by atoms with van der Waals surface area (Å²) in [6.07, 6.45) is 3.23. The fraction of sp³-hybridized carbons (Fsp3) is 0.400. The van der Waals surface area contributed by atoms with Gasteiger partial charge in [0.1, 0.15) is 10.8 Å². The lowest BCUT2D eigenvalue weighted by Gasteiger charge is -2.15. The fourth-order valence-electron chi connectivity index (χ4n) is 2.66. The molecule has 0 saturated carbocycles. The molecule has 1 aliphatic carbocycles. The van der Waals surface area contributed by atoms with E-state index in [0.717, 1.165) is 41.0 Å². The number of aryl methyl sites for hydroxylation is 3. The number of phenolic OH excluding ortho intramolecular Hbond substituents is 1. The minimum Gasteiger partial charge on any atom is -0.507 e. The Bertz CT molecular complexity index is 610. The molecule has 1 aromatic heterocycles. The van der Waals surface area contributed by atoms with Crippen molar-refractivity contribution in [3.8, 4) is 16.3 Å². The first-order chi connectivity index (χ1) is 9.06. The van der Waals surface area contributed by atoms with Crippen LogP contribution in [-0.4, -0.2) is 10.1 Å². The van der Waals surface area contributed by atoms with Crippen molar-refractivity contribution in [2.24, 2.45) is 5.73 Å². The molecule has 0 spiro atoms. The molecule has 0 bridgehead atoms. The second-order valence-electron chi connectivity index (χ2n) is 5.29. The first kappa shape index (κ1) is 12.6. The summed E-state index contributed by atoms with van der Waals surface area (Å²) in [5, 5.41) is 10.9. The van der Waals surface area contributed by atoms with Crippen LogP contribution in [-0.2, 0) is 6.42 Å². The lowest BCUT2D eigenvalue weighted by molar-refractivity contribution is 0.467. The minimum absolute atomic E-state index is 0.148. The first-order valence-corrected chi connectivity index (χ1v) is 7.43. The topological polar surface area (TPSA) is 59.1 Å². The van der Waals surface area contributed by atoms with Crippen LogP contribution in [0.1, 0.15) is 40.6 Å². The quantitative estimate of drug-likeness (QED) is 0.837. The van der Waals surface area contributed by atoms with E-state index in [9.17, 15) is 5.11 Å². The number of nitrogens with two attached hydrogens (primary N) is 1. The summed E-state index contributed by atoms with van der Waals surface area (Å²) >= 11 is 1.70. The van der Waals surface area contributed by atoms with E-state index in [-0.39, 0.29) is 6.04 Å². The zero-order chi connectivity index (χ0) is 13.6. The van der Waals surface area contributed by atoms with Crippen molar-refractivity contribution in [3.63, 3.8) is 0 Å². The van der Waals surface area contributed by atoms with Gasteiger partial charge in [-0.15, -0.1) is 11.3 Å². The number of aromatic nitrogens is 1. The van der Waals surface area contributed by atoms with Crippen LogP contribution in [0, 0.1) is 13.8 Å². The van der Waals surface area contributed by atoms with E-state index in [4.69, 9.17) is 10.7 Å². The van der Waals surface area contributed by atoms with E-state index in [1.807, 2.05) is 26.0 Å². The van der Waals surface area contributed by atoms with Crippen LogP contribution in [0.3, 0.4) is 0 Å². The van der Waals surface area contributed by atoms with Crippen molar-refractivity contribution in [1.29, 1.82) is 0 Å². The lowest BCUT2D eigenvalue weighted by atomic mass is 9.99. The molecule has 1 heterocycles. The third-order valence-electron chi connectivity index (χ3n) is 3.73. The molecule has 19 heavy (non-hydrogen) atoms. The van der Waals surface area contributed by atoms with E-state index < -0.39 is 0 Å². The van der Waals surface area contributed by atoms with Crippen molar-refractivity contribution in [2.45, 2.75) is 39.2 Å². The Morgan fingerprint density at radius 2 is 2.00 bits per heavy atom. The number of benzene rings is 1. The molecule has 2 aromatic rings. The summed E-state index contributed by atoms with van der Waals surface area (Å²) in [6.45, 7) is 3.84. The molecule has 1 aliphatic rings. The summed E-state index contributed by atoms with van der Waals surface area (Å²) in [5.41, 5.74) is 10.2. The number of phenols is 1. The Morgan fingerprint density at radius 3 is 2.63 bits per heavy atom. The maximum atomic E-state index is 9.84. The summed E-state index contributed by atoms with van der Waals surface area (Å²) in [7, 11) is 0. The van der Waals surface area contributed by atoms with Crippen LogP contribution < -0.4 is 5.73 Å². The van der Waals surface area contributed by atoms with E-state index in [1.54, 1.807) is 11.3 Å². The molecule has 1 unspecified atom stereocenters. The SMILES string of the molecule is Cc1cc(-c2nc3c(s2)C(N)CCC3)cc(C)c1O. The highest BCUT2D eigenvalue weighted by Crippen LogP contribution is 2.38. The molecule has 0 amide bonds. The smallest absolute Gasteiger partial charge is 0.123 e. The highest BCUT2D eigenvalue weighted by molar-refractivity contribution is 7.15. The molecular weight excluding hydrogens is 256 g/mol. The van der Waals surface area contributed by atoms with Crippen molar-refractivity contribution < 1.29 is 5.11 Å². The van der Waals surface area contributed by atoms with Crippen LogP contribution in [0.25, 0.3) is 10.6 Å². The van der Waals surface area contributed by atoms with Gasteiger partial charge in [0.2, 0.25) is 0 Å². The third kappa shape index (κ3) is 2.15. The van der Waals surface area contributed by atoms with Gasteiger partial charge in [-0.05, 0) is 56.4 Å². The van der Waals surface area contributed by atoms with Crippen LogP contribution >= 0.6 is 11.3 Å². The molecule has 4 heteroatoms. The van der Waals surface area contributed by atoms with Crippen molar-refractivity contribution in [3.05, 3.63) is 33.8 Å². The molecule has 3 rings (SSSR count). The number of hydrogen-bond acceptors (Lipinski definition) is 4. The van der Waals surface area contributed by atoms with Gasteiger partial charge in [0.15, 0.2) is 0 Å². The van der Waals surface area contributed by atoms with Crippen molar-refractivity contribution in [2.75, 3.05) is 0 Å². The molecule has 100 valence electrons. The normalized spacial score (nSPS) is 18.4. The second-order valence-corrected chi connectivity index (χ2v) is 6.32. The Labute approximate surface area is 117 Å². The van der Waals surface area contributed by atoms with Gasteiger partial charge in [-0.1, -0.05) is 0 Å². The van der Waals surface area contributed by atoms with Gasteiger partial charge < -0.3 is 10.8 Å². The van der Waals surface area contributed by atoms with Crippen LogP contribution in [0.5, 0.6) is 5.75 Å². The summed E-state index contributed by atoms with van der Waals surface area (Å²) < 4.78 is 0. The number of hydrogen-bond donors (Lipinski definition) is 2. The zero-order valence-corrected chi connectivity index (χ0v) is 12.0. The van der Waals surface area contributed by atoms with Crippen LogP contribution in [0.2, 0.25) is 0 Å².